The fourth-order valence-corrected chi connectivity index (χ4v) is 9.62. The first-order valence-electron chi connectivity index (χ1n) is 34.5. The van der Waals surface area contributed by atoms with Crippen LogP contribution in [-0.4, -0.2) is 37.2 Å². The number of allylic oxidation sites excluding steroid dienone is 20. The molecule has 0 radical (unpaired) electrons. The molecule has 468 valence electrons. The highest BCUT2D eigenvalue weighted by Crippen LogP contribution is 2.17. The van der Waals surface area contributed by atoms with E-state index in [2.05, 4.69) is 142 Å². The molecule has 0 aromatic carbocycles. The van der Waals surface area contributed by atoms with Crippen molar-refractivity contribution < 1.29 is 28.6 Å². The van der Waals surface area contributed by atoms with Crippen LogP contribution < -0.4 is 0 Å². The number of hydrogen-bond donors (Lipinski definition) is 0. The van der Waals surface area contributed by atoms with Gasteiger partial charge in [0.15, 0.2) is 6.10 Å². The topological polar surface area (TPSA) is 78.9 Å². The molecule has 1 atom stereocenters. The summed E-state index contributed by atoms with van der Waals surface area (Å²) in [5, 5.41) is 0. The summed E-state index contributed by atoms with van der Waals surface area (Å²) in [4.78, 5) is 38.5. The second-order valence-corrected chi connectivity index (χ2v) is 22.7. The van der Waals surface area contributed by atoms with E-state index in [1.807, 2.05) is 0 Å². The number of esters is 3. The number of carbonyl (C=O) groups is 3. The van der Waals surface area contributed by atoms with E-state index >= 15 is 0 Å². The first-order chi connectivity index (χ1) is 40.5. The lowest BCUT2D eigenvalue weighted by Gasteiger charge is -2.18. The molecule has 0 fully saturated rings. The highest BCUT2D eigenvalue weighted by Gasteiger charge is 2.19. The molecular formula is C76H128O6. The zero-order valence-corrected chi connectivity index (χ0v) is 53.7. The van der Waals surface area contributed by atoms with E-state index in [4.69, 9.17) is 14.2 Å². The van der Waals surface area contributed by atoms with Crippen molar-refractivity contribution in [2.24, 2.45) is 0 Å². The summed E-state index contributed by atoms with van der Waals surface area (Å²) < 4.78 is 17.0. The molecule has 0 rings (SSSR count). The van der Waals surface area contributed by atoms with Gasteiger partial charge in [0.2, 0.25) is 0 Å². The lowest BCUT2D eigenvalue weighted by molar-refractivity contribution is -0.167. The van der Waals surface area contributed by atoms with E-state index < -0.39 is 6.10 Å². The molecule has 82 heavy (non-hydrogen) atoms. The van der Waals surface area contributed by atoms with Gasteiger partial charge in [0.1, 0.15) is 13.2 Å². The molecule has 0 bridgehead atoms. The Balaban J connectivity index is 4.46. The van der Waals surface area contributed by atoms with Crippen LogP contribution in [0, 0.1) is 0 Å². The van der Waals surface area contributed by atoms with Gasteiger partial charge in [-0.2, -0.15) is 0 Å². The molecule has 1 unspecified atom stereocenters. The summed E-state index contributed by atoms with van der Waals surface area (Å²) >= 11 is 0. The lowest BCUT2D eigenvalue weighted by atomic mass is 10.0. The van der Waals surface area contributed by atoms with Crippen LogP contribution in [0.15, 0.2) is 122 Å². The lowest BCUT2D eigenvalue weighted by Crippen LogP contribution is -2.30. The third kappa shape index (κ3) is 66.6. The first kappa shape index (κ1) is 77.8. The highest BCUT2D eigenvalue weighted by atomic mass is 16.6. The predicted octanol–water partition coefficient (Wildman–Crippen LogP) is 23.9. The van der Waals surface area contributed by atoms with Crippen molar-refractivity contribution in [3.8, 4) is 0 Å². The minimum Gasteiger partial charge on any atom is -0.462 e. The Morgan fingerprint density at radius 3 is 0.768 bits per heavy atom. The van der Waals surface area contributed by atoms with Crippen LogP contribution in [0.1, 0.15) is 323 Å². The molecule has 0 spiro atoms. The summed E-state index contributed by atoms with van der Waals surface area (Å²) in [6, 6.07) is 0. The van der Waals surface area contributed by atoms with Gasteiger partial charge in [-0.1, -0.05) is 316 Å². The van der Waals surface area contributed by atoms with Crippen LogP contribution in [0.25, 0.3) is 0 Å². The molecule has 0 aliphatic heterocycles. The van der Waals surface area contributed by atoms with Crippen LogP contribution in [-0.2, 0) is 28.6 Å². The zero-order valence-electron chi connectivity index (χ0n) is 53.7. The van der Waals surface area contributed by atoms with Crippen molar-refractivity contribution in [1.82, 2.24) is 0 Å². The normalized spacial score (nSPS) is 12.9. The summed E-state index contributed by atoms with van der Waals surface area (Å²) in [5.74, 6) is -0.939. The van der Waals surface area contributed by atoms with E-state index in [1.54, 1.807) is 0 Å². The smallest absolute Gasteiger partial charge is 0.306 e. The van der Waals surface area contributed by atoms with Gasteiger partial charge in [0, 0.05) is 19.3 Å². The Labute approximate surface area is 507 Å². The number of rotatable bonds is 62. The number of ether oxygens (including phenoxy) is 3. The molecule has 6 heteroatoms. The number of hydrogen-bond acceptors (Lipinski definition) is 6. The van der Waals surface area contributed by atoms with Gasteiger partial charge < -0.3 is 14.2 Å². The fourth-order valence-electron chi connectivity index (χ4n) is 9.62. The van der Waals surface area contributed by atoms with Crippen molar-refractivity contribution >= 4 is 17.9 Å². The van der Waals surface area contributed by atoms with Crippen molar-refractivity contribution in [2.75, 3.05) is 13.2 Å². The Kier molecular flexibility index (Phi) is 65.8. The summed E-state index contributed by atoms with van der Waals surface area (Å²) in [6.07, 6.45) is 96.4. The van der Waals surface area contributed by atoms with Gasteiger partial charge in [0.25, 0.3) is 0 Å². The van der Waals surface area contributed by atoms with Crippen LogP contribution >= 0.6 is 0 Å². The average Bonchev–Trinajstić information content (AvgIpc) is 3.47. The van der Waals surface area contributed by atoms with Crippen LogP contribution in [0.5, 0.6) is 0 Å². The predicted molar refractivity (Wildman–Crippen MR) is 357 cm³/mol. The standard InChI is InChI=1S/C76H128O6/c1-4-7-10-13-16-19-22-25-28-31-34-37-40-42-45-48-51-54-57-60-63-66-69-75(78)81-72-73(82-76(79)70-67-64-61-58-55-52-49-46-43-39-36-33-30-27-24-21-18-15-12-9-6-3)71-80-74(77)68-65-62-59-56-53-50-47-44-41-38-35-32-29-26-23-20-17-14-11-8-5-2/h8-9,11-12,17-18,20-21,26-27,29-30,35-36,38-39,46,49,55,58,73H,4-7,10,13-16,19,22-25,28,31-34,37,40-45,47-48,50-54,56-57,59-72H2,1-3H3/b11-8-,12-9-,20-17-,21-18-,29-26-,30-27-,38-35-,39-36-,49-46-,58-55-. The minimum absolute atomic E-state index is 0.0981. The monoisotopic (exact) mass is 1140 g/mol. The Hall–Kier alpha value is -4.19. The molecule has 0 aliphatic carbocycles. The van der Waals surface area contributed by atoms with E-state index in [1.165, 1.54) is 154 Å². The molecule has 0 amide bonds. The number of carbonyl (C=O) groups excluding carboxylic acids is 3. The summed E-state index contributed by atoms with van der Waals surface area (Å²) in [5.41, 5.74) is 0. The van der Waals surface area contributed by atoms with E-state index in [9.17, 15) is 14.4 Å². The van der Waals surface area contributed by atoms with Crippen molar-refractivity contribution in [2.45, 2.75) is 329 Å². The Morgan fingerprint density at radius 2 is 0.476 bits per heavy atom. The second-order valence-electron chi connectivity index (χ2n) is 22.7. The molecule has 0 aromatic rings. The molecule has 0 N–H and O–H groups in total. The average molecular weight is 1140 g/mol. The third-order valence-corrected chi connectivity index (χ3v) is 14.7. The maximum atomic E-state index is 12.9. The van der Waals surface area contributed by atoms with Gasteiger partial charge in [0.05, 0.1) is 0 Å². The largest absolute Gasteiger partial charge is 0.462 e. The second kappa shape index (κ2) is 69.3. The van der Waals surface area contributed by atoms with Crippen molar-refractivity contribution in [3.05, 3.63) is 122 Å². The van der Waals surface area contributed by atoms with Gasteiger partial charge in [-0.05, 0) is 109 Å². The summed E-state index contributed by atoms with van der Waals surface area (Å²) in [6.45, 7) is 6.41. The molecule has 0 saturated carbocycles. The van der Waals surface area contributed by atoms with Crippen LogP contribution in [0.3, 0.4) is 0 Å². The zero-order chi connectivity index (χ0) is 59.2. The van der Waals surface area contributed by atoms with Crippen molar-refractivity contribution in [3.63, 3.8) is 0 Å². The molecule has 0 saturated heterocycles. The van der Waals surface area contributed by atoms with Crippen LogP contribution in [0.2, 0.25) is 0 Å². The molecule has 0 heterocycles. The molecule has 0 aliphatic rings. The third-order valence-electron chi connectivity index (χ3n) is 14.7. The fraction of sp³-hybridized carbons (Fsp3) is 0.697. The quantitative estimate of drug-likeness (QED) is 0.0261. The Bertz CT molecular complexity index is 1690. The van der Waals surface area contributed by atoms with E-state index in [-0.39, 0.29) is 37.5 Å². The maximum absolute atomic E-state index is 12.9. The highest BCUT2D eigenvalue weighted by molar-refractivity contribution is 5.71. The molecule has 0 aromatic heterocycles. The van der Waals surface area contributed by atoms with Crippen molar-refractivity contribution in [1.29, 1.82) is 0 Å². The van der Waals surface area contributed by atoms with Gasteiger partial charge >= 0.3 is 17.9 Å². The van der Waals surface area contributed by atoms with Gasteiger partial charge in [-0.3, -0.25) is 14.4 Å². The first-order valence-corrected chi connectivity index (χ1v) is 34.5. The summed E-state index contributed by atoms with van der Waals surface area (Å²) in [7, 11) is 0. The Morgan fingerprint density at radius 1 is 0.256 bits per heavy atom. The van der Waals surface area contributed by atoms with Gasteiger partial charge in [-0.25, -0.2) is 0 Å². The van der Waals surface area contributed by atoms with E-state index in [0.29, 0.717) is 19.3 Å². The SMILES string of the molecule is CC/C=C\C/C=C\C/C=C\C/C=C\C/C=C\C/C=C\CCCCC(=O)OC(COC(=O)CCCCCCCCCC/C=C\C/C=C\C/C=C\C/C=C\CC)COC(=O)CCCCCCCCCCCCCCCCCCCCCCCC. The van der Waals surface area contributed by atoms with E-state index in [0.717, 1.165) is 122 Å². The maximum Gasteiger partial charge on any atom is 0.306 e. The van der Waals surface area contributed by atoms with Crippen LogP contribution in [0.4, 0.5) is 0 Å². The number of unbranched alkanes of at least 4 members (excludes halogenated alkanes) is 31. The molecular weight excluding hydrogens is 1010 g/mol. The van der Waals surface area contributed by atoms with Gasteiger partial charge in [-0.15, -0.1) is 0 Å². The minimum atomic E-state index is -0.809. The molecule has 6 nitrogen and oxygen atoms in total.